The van der Waals surface area contributed by atoms with Crippen LogP contribution < -0.4 is 9.47 Å². The first-order chi connectivity index (χ1) is 7.67. The van der Waals surface area contributed by atoms with Gasteiger partial charge in [0.1, 0.15) is 11.5 Å². The van der Waals surface area contributed by atoms with Crippen molar-refractivity contribution in [3.8, 4) is 11.5 Å². The van der Waals surface area contributed by atoms with Crippen LogP contribution in [-0.4, -0.2) is 25.3 Å². The number of ether oxygens (including phenoxy) is 2. The zero-order valence-electron chi connectivity index (χ0n) is 9.27. The van der Waals surface area contributed by atoms with Gasteiger partial charge in [-0.15, -0.1) is 0 Å². The van der Waals surface area contributed by atoms with E-state index in [9.17, 15) is 4.79 Å². The molecule has 1 saturated carbocycles. The highest BCUT2D eigenvalue weighted by Gasteiger charge is 2.45. The lowest BCUT2D eigenvalue weighted by Gasteiger charge is -2.09. The van der Waals surface area contributed by atoms with Gasteiger partial charge in [0, 0.05) is 12.0 Å². The summed E-state index contributed by atoms with van der Waals surface area (Å²) in [5.74, 6) is 0.504. The van der Waals surface area contributed by atoms with Crippen molar-refractivity contribution in [2.75, 3.05) is 14.2 Å². The molecule has 1 fully saturated rings. The van der Waals surface area contributed by atoms with E-state index in [2.05, 4.69) is 0 Å². The van der Waals surface area contributed by atoms with Crippen LogP contribution in [0.2, 0.25) is 0 Å². The molecule has 86 valence electrons. The van der Waals surface area contributed by atoms with Gasteiger partial charge < -0.3 is 14.6 Å². The molecule has 2 rings (SSSR count). The highest BCUT2D eigenvalue weighted by atomic mass is 16.5. The molecule has 1 aromatic rings. The van der Waals surface area contributed by atoms with Crippen LogP contribution in [0.1, 0.15) is 17.9 Å². The van der Waals surface area contributed by atoms with Crippen molar-refractivity contribution in [2.45, 2.75) is 12.3 Å². The molecule has 0 aliphatic heterocycles. The Labute approximate surface area is 93.8 Å². The molecule has 0 saturated heterocycles. The minimum atomic E-state index is -0.733. The fraction of sp³-hybridized carbons (Fsp3) is 0.417. The quantitative estimate of drug-likeness (QED) is 0.845. The normalized spacial score (nSPS) is 22.6. The standard InChI is InChI=1S/C12H14O4/c1-15-7-3-4-8(11(5-7)16-2)9-6-10(9)12(13)14/h3-5,9-10H,6H2,1-2H3,(H,13,14)/t9?,10-/m0/s1. The fourth-order valence-corrected chi connectivity index (χ4v) is 1.94. The number of rotatable bonds is 4. The Kier molecular flexibility index (Phi) is 2.73. The summed E-state index contributed by atoms with van der Waals surface area (Å²) in [4.78, 5) is 10.8. The third-order valence-corrected chi connectivity index (χ3v) is 2.95. The number of methoxy groups -OCH3 is 2. The smallest absolute Gasteiger partial charge is 0.307 e. The molecular formula is C12H14O4. The van der Waals surface area contributed by atoms with Crippen LogP contribution in [0, 0.1) is 5.92 Å². The maximum atomic E-state index is 10.8. The molecule has 4 nitrogen and oxygen atoms in total. The van der Waals surface area contributed by atoms with Crippen molar-refractivity contribution >= 4 is 5.97 Å². The summed E-state index contributed by atoms with van der Waals surface area (Å²) >= 11 is 0. The Balaban J connectivity index is 2.25. The summed E-state index contributed by atoms with van der Waals surface area (Å²) in [6.07, 6.45) is 0.692. The van der Waals surface area contributed by atoms with Crippen LogP contribution in [-0.2, 0) is 4.79 Å². The summed E-state index contributed by atoms with van der Waals surface area (Å²) < 4.78 is 10.3. The molecule has 1 N–H and O–H groups in total. The highest BCUT2D eigenvalue weighted by Crippen LogP contribution is 2.50. The van der Waals surface area contributed by atoms with E-state index < -0.39 is 5.97 Å². The average Bonchev–Trinajstić information content (AvgIpc) is 3.08. The van der Waals surface area contributed by atoms with Crippen LogP contribution in [0.3, 0.4) is 0 Å². The van der Waals surface area contributed by atoms with E-state index in [-0.39, 0.29) is 11.8 Å². The van der Waals surface area contributed by atoms with Crippen molar-refractivity contribution < 1.29 is 19.4 Å². The van der Waals surface area contributed by atoms with Gasteiger partial charge in [-0.25, -0.2) is 0 Å². The summed E-state index contributed by atoms with van der Waals surface area (Å²) in [6, 6.07) is 5.49. The highest BCUT2D eigenvalue weighted by molar-refractivity contribution is 5.75. The molecule has 1 unspecified atom stereocenters. The first-order valence-electron chi connectivity index (χ1n) is 5.12. The van der Waals surface area contributed by atoms with E-state index in [1.165, 1.54) is 0 Å². The first kappa shape index (κ1) is 10.8. The third-order valence-electron chi connectivity index (χ3n) is 2.95. The average molecular weight is 222 g/mol. The van der Waals surface area contributed by atoms with Gasteiger partial charge in [-0.1, -0.05) is 6.07 Å². The Morgan fingerprint density at radius 3 is 2.62 bits per heavy atom. The Morgan fingerprint density at radius 1 is 1.38 bits per heavy atom. The first-order valence-corrected chi connectivity index (χ1v) is 5.12. The van der Waals surface area contributed by atoms with Gasteiger partial charge in [0.2, 0.25) is 0 Å². The summed E-state index contributed by atoms with van der Waals surface area (Å²) in [6.45, 7) is 0. The predicted octanol–water partition coefficient (Wildman–Crippen LogP) is 1.89. The lowest BCUT2D eigenvalue weighted by atomic mass is 10.1. The fourth-order valence-electron chi connectivity index (χ4n) is 1.94. The summed E-state index contributed by atoms with van der Waals surface area (Å²) in [7, 11) is 3.17. The number of hydrogen-bond donors (Lipinski definition) is 1. The van der Waals surface area contributed by atoms with Crippen molar-refractivity contribution in [3.05, 3.63) is 23.8 Å². The molecule has 2 atom stereocenters. The van der Waals surface area contributed by atoms with Crippen LogP contribution in [0.15, 0.2) is 18.2 Å². The summed E-state index contributed by atoms with van der Waals surface area (Å²) in [5, 5.41) is 8.88. The maximum Gasteiger partial charge on any atom is 0.307 e. The van der Waals surface area contributed by atoms with E-state index in [1.807, 2.05) is 12.1 Å². The van der Waals surface area contributed by atoms with Gasteiger partial charge in [0.25, 0.3) is 0 Å². The lowest BCUT2D eigenvalue weighted by molar-refractivity contribution is -0.138. The van der Waals surface area contributed by atoms with E-state index in [4.69, 9.17) is 14.6 Å². The van der Waals surface area contributed by atoms with E-state index in [1.54, 1.807) is 20.3 Å². The minimum Gasteiger partial charge on any atom is -0.497 e. The van der Waals surface area contributed by atoms with Crippen LogP contribution in [0.4, 0.5) is 0 Å². The predicted molar refractivity (Wildman–Crippen MR) is 58.0 cm³/mol. The van der Waals surface area contributed by atoms with E-state index in [0.717, 1.165) is 5.56 Å². The topological polar surface area (TPSA) is 55.8 Å². The number of carboxylic acid groups (broad SMARTS) is 1. The number of aliphatic carboxylic acids is 1. The molecule has 0 heterocycles. The zero-order chi connectivity index (χ0) is 11.7. The molecular weight excluding hydrogens is 208 g/mol. The largest absolute Gasteiger partial charge is 0.497 e. The van der Waals surface area contributed by atoms with Gasteiger partial charge in [-0.2, -0.15) is 0 Å². The minimum absolute atomic E-state index is 0.0818. The van der Waals surface area contributed by atoms with Crippen molar-refractivity contribution in [2.24, 2.45) is 5.92 Å². The molecule has 0 amide bonds. The Bertz CT molecular complexity index is 413. The molecule has 4 heteroatoms. The molecule has 16 heavy (non-hydrogen) atoms. The van der Waals surface area contributed by atoms with E-state index >= 15 is 0 Å². The summed E-state index contributed by atoms with van der Waals surface area (Å²) in [5.41, 5.74) is 0.954. The molecule has 0 spiro atoms. The van der Waals surface area contributed by atoms with Crippen molar-refractivity contribution in [1.29, 1.82) is 0 Å². The van der Waals surface area contributed by atoms with Gasteiger partial charge in [0.15, 0.2) is 0 Å². The van der Waals surface area contributed by atoms with Crippen LogP contribution in [0.5, 0.6) is 11.5 Å². The van der Waals surface area contributed by atoms with Crippen molar-refractivity contribution in [3.63, 3.8) is 0 Å². The molecule has 0 bridgehead atoms. The van der Waals surface area contributed by atoms with E-state index in [0.29, 0.717) is 17.9 Å². The van der Waals surface area contributed by atoms with Gasteiger partial charge in [-0.3, -0.25) is 4.79 Å². The lowest BCUT2D eigenvalue weighted by Crippen LogP contribution is -2.00. The molecule has 0 radical (unpaired) electrons. The third kappa shape index (κ3) is 1.83. The Morgan fingerprint density at radius 2 is 2.12 bits per heavy atom. The second-order valence-electron chi connectivity index (χ2n) is 3.89. The molecule has 1 aliphatic rings. The monoisotopic (exact) mass is 222 g/mol. The number of carboxylic acids is 1. The van der Waals surface area contributed by atoms with Gasteiger partial charge in [-0.05, 0) is 18.1 Å². The maximum absolute atomic E-state index is 10.8. The number of hydrogen-bond acceptors (Lipinski definition) is 3. The van der Waals surface area contributed by atoms with Crippen molar-refractivity contribution in [1.82, 2.24) is 0 Å². The van der Waals surface area contributed by atoms with Gasteiger partial charge >= 0.3 is 5.97 Å². The second kappa shape index (κ2) is 4.04. The van der Waals surface area contributed by atoms with Gasteiger partial charge in [0.05, 0.1) is 20.1 Å². The number of carbonyl (C=O) groups is 1. The Hall–Kier alpha value is -1.71. The number of benzene rings is 1. The zero-order valence-corrected chi connectivity index (χ0v) is 9.27. The van der Waals surface area contributed by atoms with Crippen LogP contribution >= 0.6 is 0 Å². The van der Waals surface area contributed by atoms with Crippen LogP contribution in [0.25, 0.3) is 0 Å². The molecule has 0 aromatic heterocycles. The molecule has 1 aromatic carbocycles. The second-order valence-corrected chi connectivity index (χ2v) is 3.89. The SMILES string of the molecule is COc1ccc(C2C[C@@H]2C(=O)O)c(OC)c1. The molecule has 1 aliphatic carbocycles.